The smallest absolute Gasteiger partial charge is 0.331 e. The van der Waals surface area contributed by atoms with Crippen molar-refractivity contribution < 1.29 is 33.5 Å². The van der Waals surface area contributed by atoms with Crippen LogP contribution in [0.15, 0.2) is 42.5 Å². The van der Waals surface area contributed by atoms with Gasteiger partial charge in [-0.3, -0.25) is 14.9 Å². The van der Waals surface area contributed by atoms with E-state index in [1.165, 1.54) is 32.2 Å². The molecule has 0 unspecified atom stereocenters. The van der Waals surface area contributed by atoms with E-state index in [2.05, 4.69) is 5.32 Å². The Hall–Kier alpha value is -3.95. The summed E-state index contributed by atoms with van der Waals surface area (Å²) in [5.41, 5.74) is -0.259. The summed E-state index contributed by atoms with van der Waals surface area (Å²) in [5.74, 6) is -2.44. The number of nitrogens with zero attached hydrogens (tertiary/aromatic N) is 1. The molecule has 10 heteroatoms. The number of aromatic hydroxyl groups is 1. The van der Waals surface area contributed by atoms with Crippen LogP contribution in [0.3, 0.4) is 0 Å². The van der Waals surface area contributed by atoms with Gasteiger partial charge in [-0.05, 0) is 42.8 Å². The molecule has 0 aliphatic heterocycles. The normalized spacial score (nSPS) is 11.7. The number of anilines is 1. The van der Waals surface area contributed by atoms with E-state index in [1.54, 1.807) is 6.07 Å². The molecule has 0 aliphatic rings. The highest BCUT2D eigenvalue weighted by Gasteiger charge is 2.19. The number of hydrogen-bond donors (Lipinski definition) is 2. The van der Waals surface area contributed by atoms with E-state index in [0.29, 0.717) is 5.56 Å². The molecule has 0 saturated heterocycles. The first kappa shape index (κ1) is 21.4. The van der Waals surface area contributed by atoms with Gasteiger partial charge in [-0.1, -0.05) is 6.07 Å². The molecule has 1 atom stereocenters. The number of carbonyl (C=O) groups excluding carboxylic acids is 2. The molecule has 2 aromatic carbocycles. The Bertz CT molecular complexity index is 975. The number of halogens is 1. The van der Waals surface area contributed by atoms with Gasteiger partial charge in [0.15, 0.2) is 17.6 Å². The Kier molecular flexibility index (Phi) is 6.85. The number of carbonyl (C=O) groups is 2. The number of esters is 1. The lowest BCUT2D eigenvalue weighted by Crippen LogP contribution is -2.29. The summed E-state index contributed by atoms with van der Waals surface area (Å²) in [7, 11) is 1.38. The van der Waals surface area contributed by atoms with Crippen LogP contribution < -0.4 is 10.1 Å². The third kappa shape index (κ3) is 5.76. The number of phenols is 1. The highest BCUT2D eigenvalue weighted by molar-refractivity contribution is 5.96. The first-order valence-corrected chi connectivity index (χ1v) is 8.21. The fourth-order valence-corrected chi connectivity index (χ4v) is 2.20. The van der Waals surface area contributed by atoms with Crippen LogP contribution in [0.4, 0.5) is 15.8 Å². The van der Waals surface area contributed by atoms with Crippen LogP contribution in [0.1, 0.15) is 12.5 Å². The molecule has 9 nitrogen and oxygen atoms in total. The minimum absolute atomic E-state index is 0.0160. The molecule has 2 aromatic rings. The van der Waals surface area contributed by atoms with E-state index in [4.69, 9.17) is 9.47 Å². The maximum Gasteiger partial charge on any atom is 0.331 e. The Morgan fingerprint density at radius 2 is 2.00 bits per heavy atom. The second-order valence-electron chi connectivity index (χ2n) is 5.76. The number of methoxy groups -OCH3 is 1. The van der Waals surface area contributed by atoms with E-state index in [0.717, 1.165) is 24.3 Å². The van der Waals surface area contributed by atoms with Crippen molar-refractivity contribution in [1.82, 2.24) is 0 Å². The Morgan fingerprint density at radius 1 is 1.28 bits per heavy atom. The summed E-state index contributed by atoms with van der Waals surface area (Å²) in [5, 5.41) is 22.6. The van der Waals surface area contributed by atoms with Gasteiger partial charge < -0.3 is 19.9 Å². The fourth-order valence-electron chi connectivity index (χ4n) is 2.20. The highest BCUT2D eigenvalue weighted by atomic mass is 19.1. The van der Waals surface area contributed by atoms with Crippen molar-refractivity contribution in [2.24, 2.45) is 0 Å². The second kappa shape index (κ2) is 9.31. The first-order valence-electron chi connectivity index (χ1n) is 8.21. The molecule has 0 bridgehead atoms. The number of nitrogens with one attached hydrogen (secondary N) is 1. The molecule has 0 saturated carbocycles. The predicted octanol–water partition coefficient (Wildman–Crippen LogP) is 3.03. The number of benzene rings is 2. The second-order valence-corrected chi connectivity index (χ2v) is 5.76. The van der Waals surface area contributed by atoms with E-state index >= 15 is 0 Å². The molecule has 0 radical (unpaired) electrons. The van der Waals surface area contributed by atoms with Crippen LogP contribution in [0.2, 0.25) is 0 Å². The zero-order valence-corrected chi connectivity index (χ0v) is 15.4. The van der Waals surface area contributed by atoms with Crippen molar-refractivity contribution in [2.45, 2.75) is 13.0 Å². The SMILES string of the molecule is COc1cc(/C=C/C(=O)O[C@H](C)C(=O)Nc2ccc(F)c([N+](=O)[O-])c2)ccc1O. The van der Waals surface area contributed by atoms with Crippen LogP contribution in [0.5, 0.6) is 11.5 Å². The third-order valence-corrected chi connectivity index (χ3v) is 3.69. The third-order valence-electron chi connectivity index (χ3n) is 3.69. The van der Waals surface area contributed by atoms with Gasteiger partial charge in [0.05, 0.1) is 12.0 Å². The van der Waals surface area contributed by atoms with Gasteiger partial charge in [-0.2, -0.15) is 4.39 Å². The van der Waals surface area contributed by atoms with Crippen LogP contribution >= 0.6 is 0 Å². The molecule has 0 aliphatic carbocycles. The van der Waals surface area contributed by atoms with Gasteiger partial charge >= 0.3 is 11.7 Å². The van der Waals surface area contributed by atoms with Crippen LogP contribution in [0, 0.1) is 15.9 Å². The van der Waals surface area contributed by atoms with Gasteiger partial charge in [0, 0.05) is 17.8 Å². The summed E-state index contributed by atoms with van der Waals surface area (Å²) >= 11 is 0. The summed E-state index contributed by atoms with van der Waals surface area (Å²) in [6.07, 6.45) is 1.27. The van der Waals surface area contributed by atoms with Gasteiger partial charge in [0.2, 0.25) is 5.82 Å². The number of nitro benzene ring substituents is 1. The summed E-state index contributed by atoms with van der Waals surface area (Å²) in [6, 6.07) is 7.28. The summed E-state index contributed by atoms with van der Waals surface area (Å²) in [6.45, 7) is 1.31. The average Bonchev–Trinajstić information content (AvgIpc) is 2.68. The minimum Gasteiger partial charge on any atom is -0.504 e. The van der Waals surface area contributed by atoms with Crippen LogP contribution in [-0.4, -0.2) is 35.1 Å². The van der Waals surface area contributed by atoms with Crippen molar-refractivity contribution in [1.29, 1.82) is 0 Å². The average molecular weight is 404 g/mol. The molecule has 2 rings (SSSR count). The fraction of sp³-hybridized carbons (Fsp3) is 0.158. The van der Waals surface area contributed by atoms with Gasteiger partial charge in [0.1, 0.15) is 0 Å². The molecule has 2 N–H and O–H groups in total. The summed E-state index contributed by atoms with van der Waals surface area (Å²) < 4.78 is 23.2. The molecule has 1 amide bonds. The molecule has 0 heterocycles. The lowest BCUT2D eigenvalue weighted by Gasteiger charge is -2.12. The number of phenolic OH excluding ortho intramolecular Hbond substituents is 1. The number of ether oxygens (including phenoxy) is 2. The van der Waals surface area contributed by atoms with Gasteiger partial charge in [0.25, 0.3) is 5.91 Å². The van der Waals surface area contributed by atoms with Gasteiger partial charge in [-0.25, -0.2) is 4.79 Å². The molecule has 29 heavy (non-hydrogen) atoms. The molecule has 0 fully saturated rings. The predicted molar refractivity (Wildman–Crippen MR) is 101 cm³/mol. The quantitative estimate of drug-likeness (QED) is 0.314. The first-order chi connectivity index (χ1) is 13.7. The van der Waals surface area contributed by atoms with Crippen molar-refractivity contribution in [3.05, 3.63) is 64.0 Å². The zero-order valence-electron chi connectivity index (χ0n) is 15.4. The largest absolute Gasteiger partial charge is 0.504 e. The number of rotatable bonds is 7. The Balaban J connectivity index is 1.97. The van der Waals surface area contributed by atoms with E-state index in [1.807, 2.05) is 0 Å². The number of hydrogen-bond acceptors (Lipinski definition) is 7. The van der Waals surface area contributed by atoms with Gasteiger partial charge in [-0.15, -0.1) is 0 Å². The maximum atomic E-state index is 13.3. The van der Waals surface area contributed by atoms with Crippen molar-refractivity contribution in [3.63, 3.8) is 0 Å². The Morgan fingerprint density at radius 3 is 2.66 bits per heavy atom. The van der Waals surface area contributed by atoms with E-state index in [-0.39, 0.29) is 17.2 Å². The zero-order chi connectivity index (χ0) is 21.6. The highest BCUT2D eigenvalue weighted by Crippen LogP contribution is 2.26. The monoisotopic (exact) mass is 404 g/mol. The number of nitro groups is 1. The van der Waals surface area contributed by atoms with Crippen LogP contribution in [-0.2, 0) is 14.3 Å². The van der Waals surface area contributed by atoms with Crippen molar-refractivity contribution >= 4 is 29.3 Å². The lowest BCUT2D eigenvalue weighted by molar-refractivity contribution is -0.387. The van der Waals surface area contributed by atoms with Crippen molar-refractivity contribution in [2.75, 3.05) is 12.4 Å². The topological polar surface area (TPSA) is 128 Å². The minimum atomic E-state index is -1.22. The maximum absolute atomic E-state index is 13.3. The molecular weight excluding hydrogens is 387 g/mol. The number of amides is 1. The molecule has 0 spiro atoms. The lowest BCUT2D eigenvalue weighted by atomic mass is 10.2. The molecular formula is C19H17FN2O7. The Labute approximate surface area is 164 Å². The van der Waals surface area contributed by atoms with Crippen molar-refractivity contribution in [3.8, 4) is 11.5 Å². The van der Waals surface area contributed by atoms with E-state index in [9.17, 15) is 29.2 Å². The summed E-state index contributed by atoms with van der Waals surface area (Å²) in [4.78, 5) is 33.8. The van der Waals surface area contributed by atoms with E-state index < -0.39 is 34.4 Å². The van der Waals surface area contributed by atoms with Crippen LogP contribution in [0.25, 0.3) is 6.08 Å². The standard InChI is InChI=1S/C19H17FN2O7/c1-11(19(25)21-13-5-6-14(20)15(10-13)22(26)27)29-18(24)8-4-12-3-7-16(23)17(9-12)28-2/h3-11,23H,1-2H3,(H,21,25)/b8-4+/t11-/m1/s1. The molecule has 0 aromatic heterocycles. The molecule has 152 valence electrons.